The second-order valence-electron chi connectivity index (χ2n) is 5.56. The SMILES string of the molecule is COCCNCc1cccc(F)c1N1CC(C)OCC1C. The first kappa shape index (κ1) is 16.2. The second kappa shape index (κ2) is 7.73. The van der Waals surface area contributed by atoms with Crippen molar-refractivity contribution in [2.24, 2.45) is 0 Å². The Morgan fingerprint density at radius 1 is 1.43 bits per heavy atom. The van der Waals surface area contributed by atoms with Crippen molar-refractivity contribution < 1.29 is 13.9 Å². The summed E-state index contributed by atoms with van der Waals surface area (Å²) in [5.41, 5.74) is 1.68. The Bertz CT molecular complexity index is 456. The summed E-state index contributed by atoms with van der Waals surface area (Å²) in [7, 11) is 1.67. The molecule has 0 amide bonds. The van der Waals surface area contributed by atoms with Crippen LogP contribution in [0.1, 0.15) is 19.4 Å². The van der Waals surface area contributed by atoms with Crippen molar-refractivity contribution in [3.05, 3.63) is 29.6 Å². The predicted octanol–water partition coefficient (Wildman–Crippen LogP) is 2.18. The Kier molecular flexibility index (Phi) is 5.96. The molecule has 0 saturated carbocycles. The van der Waals surface area contributed by atoms with E-state index in [0.717, 1.165) is 12.1 Å². The number of nitrogens with zero attached hydrogens (tertiary/aromatic N) is 1. The Hall–Kier alpha value is -1.17. The van der Waals surface area contributed by atoms with Crippen LogP contribution in [-0.4, -0.2) is 45.6 Å². The molecule has 0 spiro atoms. The van der Waals surface area contributed by atoms with Crippen molar-refractivity contribution in [1.82, 2.24) is 5.32 Å². The quantitative estimate of drug-likeness (QED) is 0.816. The number of hydrogen-bond donors (Lipinski definition) is 1. The number of benzene rings is 1. The first-order valence-electron chi connectivity index (χ1n) is 7.48. The molecular weight excluding hydrogens is 271 g/mol. The maximum Gasteiger partial charge on any atom is 0.146 e. The van der Waals surface area contributed by atoms with Gasteiger partial charge in [0.15, 0.2) is 0 Å². The number of anilines is 1. The molecule has 2 atom stereocenters. The minimum Gasteiger partial charge on any atom is -0.383 e. The van der Waals surface area contributed by atoms with E-state index in [9.17, 15) is 4.39 Å². The molecular formula is C16H25FN2O2. The summed E-state index contributed by atoms with van der Waals surface area (Å²) in [6.07, 6.45) is 0.120. The van der Waals surface area contributed by atoms with Gasteiger partial charge in [0.05, 0.1) is 25.0 Å². The first-order chi connectivity index (χ1) is 10.1. The Balaban J connectivity index is 2.16. The van der Waals surface area contributed by atoms with Crippen LogP contribution >= 0.6 is 0 Å². The zero-order valence-electron chi connectivity index (χ0n) is 13.1. The van der Waals surface area contributed by atoms with Crippen molar-refractivity contribution in [1.29, 1.82) is 0 Å². The highest BCUT2D eigenvalue weighted by Crippen LogP contribution is 2.28. The van der Waals surface area contributed by atoms with E-state index in [1.807, 2.05) is 13.0 Å². The van der Waals surface area contributed by atoms with Crippen molar-refractivity contribution in [2.45, 2.75) is 32.5 Å². The summed E-state index contributed by atoms with van der Waals surface area (Å²) in [5.74, 6) is -0.165. The van der Waals surface area contributed by atoms with Crippen LogP contribution in [0.5, 0.6) is 0 Å². The number of morpholine rings is 1. The van der Waals surface area contributed by atoms with E-state index >= 15 is 0 Å². The van der Waals surface area contributed by atoms with Gasteiger partial charge in [0, 0.05) is 32.8 Å². The lowest BCUT2D eigenvalue weighted by molar-refractivity contribution is 0.0340. The van der Waals surface area contributed by atoms with Gasteiger partial charge >= 0.3 is 0 Å². The molecule has 4 nitrogen and oxygen atoms in total. The zero-order valence-corrected chi connectivity index (χ0v) is 13.1. The van der Waals surface area contributed by atoms with Gasteiger partial charge in [-0.3, -0.25) is 0 Å². The summed E-state index contributed by atoms with van der Waals surface area (Å²) < 4.78 is 25.0. The molecule has 1 aliphatic heterocycles. The lowest BCUT2D eigenvalue weighted by Crippen LogP contribution is -2.48. The number of rotatable bonds is 6. The molecule has 1 aliphatic rings. The molecule has 1 aromatic rings. The van der Waals surface area contributed by atoms with Gasteiger partial charge in [-0.25, -0.2) is 4.39 Å². The third-order valence-corrected chi connectivity index (χ3v) is 3.76. The predicted molar refractivity (Wildman–Crippen MR) is 82.2 cm³/mol. The van der Waals surface area contributed by atoms with Crippen LogP contribution in [0, 0.1) is 5.82 Å². The van der Waals surface area contributed by atoms with Gasteiger partial charge in [-0.05, 0) is 25.5 Å². The van der Waals surface area contributed by atoms with Gasteiger partial charge in [-0.2, -0.15) is 0 Å². The van der Waals surface area contributed by atoms with Crippen molar-refractivity contribution in [3.8, 4) is 0 Å². The van der Waals surface area contributed by atoms with Crippen molar-refractivity contribution >= 4 is 5.69 Å². The lowest BCUT2D eigenvalue weighted by atomic mass is 10.1. The fourth-order valence-corrected chi connectivity index (χ4v) is 2.64. The minimum atomic E-state index is -0.165. The highest BCUT2D eigenvalue weighted by Gasteiger charge is 2.27. The minimum absolute atomic E-state index is 0.120. The molecule has 2 unspecified atom stereocenters. The number of halogens is 1. The molecule has 1 saturated heterocycles. The number of nitrogens with one attached hydrogen (secondary N) is 1. The molecule has 21 heavy (non-hydrogen) atoms. The molecule has 0 aromatic heterocycles. The first-order valence-corrected chi connectivity index (χ1v) is 7.48. The van der Waals surface area contributed by atoms with Crippen LogP contribution in [-0.2, 0) is 16.0 Å². The smallest absolute Gasteiger partial charge is 0.146 e. The largest absolute Gasteiger partial charge is 0.383 e. The average molecular weight is 296 g/mol. The van der Waals surface area contributed by atoms with Gasteiger partial charge in [-0.15, -0.1) is 0 Å². The zero-order chi connectivity index (χ0) is 15.2. The fraction of sp³-hybridized carbons (Fsp3) is 0.625. The topological polar surface area (TPSA) is 33.7 Å². The molecule has 1 N–H and O–H groups in total. The summed E-state index contributed by atoms with van der Waals surface area (Å²) in [5, 5.41) is 3.29. The molecule has 118 valence electrons. The highest BCUT2D eigenvalue weighted by atomic mass is 19.1. The highest BCUT2D eigenvalue weighted by molar-refractivity contribution is 5.56. The van der Waals surface area contributed by atoms with Crippen LogP contribution in [0.25, 0.3) is 0 Å². The van der Waals surface area contributed by atoms with Crippen LogP contribution in [0.4, 0.5) is 10.1 Å². The molecule has 1 aromatic carbocycles. The Morgan fingerprint density at radius 3 is 3.00 bits per heavy atom. The maximum absolute atomic E-state index is 14.4. The summed E-state index contributed by atoms with van der Waals surface area (Å²) in [6, 6.07) is 5.45. The van der Waals surface area contributed by atoms with E-state index in [4.69, 9.17) is 9.47 Å². The van der Waals surface area contributed by atoms with Crippen molar-refractivity contribution in [2.75, 3.05) is 38.3 Å². The van der Waals surface area contributed by atoms with Gasteiger partial charge in [0.25, 0.3) is 0 Å². The third kappa shape index (κ3) is 4.15. The Labute approximate surface area is 126 Å². The monoisotopic (exact) mass is 296 g/mol. The molecule has 0 aliphatic carbocycles. The average Bonchev–Trinajstić information content (AvgIpc) is 2.47. The molecule has 0 radical (unpaired) electrons. The van der Waals surface area contributed by atoms with Crippen molar-refractivity contribution in [3.63, 3.8) is 0 Å². The molecule has 2 rings (SSSR count). The number of para-hydroxylation sites is 1. The van der Waals surface area contributed by atoms with E-state index in [1.54, 1.807) is 13.2 Å². The number of hydrogen-bond acceptors (Lipinski definition) is 4. The van der Waals surface area contributed by atoms with Gasteiger partial charge in [-0.1, -0.05) is 12.1 Å². The molecule has 0 bridgehead atoms. The lowest BCUT2D eigenvalue weighted by Gasteiger charge is -2.39. The van der Waals surface area contributed by atoms with Gasteiger partial charge in [0.1, 0.15) is 5.82 Å². The summed E-state index contributed by atoms with van der Waals surface area (Å²) in [4.78, 5) is 2.12. The standard InChI is InChI=1S/C16H25FN2O2/c1-12-11-21-13(2)10-19(12)16-14(5-4-6-15(16)17)9-18-7-8-20-3/h4-6,12-13,18H,7-11H2,1-3H3. The van der Waals surface area contributed by atoms with Crippen LogP contribution in [0.15, 0.2) is 18.2 Å². The third-order valence-electron chi connectivity index (χ3n) is 3.76. The van der Waals surface area contributed by atoms with Crippen LogP contribution in [0.2, 0.25) is 0 Å². The van der Waals surface area contributed by atoms with E-state index < -0.39 is 0 Å². The van der Waals surface area contributed by atoms with Gasteiger partial charge < -0.3 is 19.7 Å². The fourth-order valence-electron chi connectivity index (χ4n) is 2.64. The summed E-state index contributed by atoms with van der Waals surface area (Å²) in [6.45, 7) is 7.47. The maximum atomic E-state index is 14.4. The Morgan fingerprint density at radius 2 is 2.24 bits per heavy atom. The summed E-state index contributed by atoms with van der Waals surface area (Å²) >= 11 is 0. The van der Waals surface area contributed by atoms with Crippen LogP contribution < -0.4 is 10.2 Å². The van der Waals surface area contributed by atoms with E-state index in [-0.39, 0.29) is 18.0 Å². The molecule has 1 fully saturated rings. The van der Waals surface area contributed by atoms with E-state index in [2.05, 4.69) is 17.1 Å². The normalized spacial score (nSPS) is 22.6. The second-order valence-corrected chi connectivity index (χ2v) is 5.56. The number of ether oxygens (including phenoxy) is 2. The van der Waals surface area contributed by atoms with E-state index in [0.29, 0.717) is 32.0 Å². The van der Waals surface area contributed by atoms with E-state index in [1.165, 1.54) is 6.07 Å². The number of methoxy groups -OCH3 is 1. The molecule has 1 heterocycles. The molecule has 5 heteroatoms. The van der Waals surface area contributed by atoms with Gasteiger partial charge in [0.2, 0.25) is 0 Å². The van der Waals surface area contributed by atoms with Crippen LogP contribution in [0.3, 0.4) is 0 Å².